The normalized spacial score (nSPS) is 12.6. The summed E-state index contributed by atoms with van der Waals surface area (Å²) in [5.41, 5.74) is 2.70. The van der Waals surface area contributed by atoms with Crippen LogP contribution in [0.2, 0.25) is 0 Å². The average molecular weight is 305 g/mol. The number of rotatable bonds is 7. The van der Waals surface area contributed by atoms with Gasteiger partial charge in [0.05, 0.1) is 13.5 Å². The standard InChI is InChI=1S/C17H23NO4/c1-3-18(10-9-17(20)21-2)16(19)12-22-15-8-7-13-5-4-6-14(13)11-15/h7-8,11H,3-6,9-10,12H2,1-2H3. The van der Waals surface area contributed by atoms with E-state index in [0.717, 1.165) is 18.6 Å². The lowest BCUT2D eigenvalue weighted by atomic mass is 10.1. The number of aryl methyl sites for hydroxylation is 2. The maximum absolute atomic E-state index is 12.1. The van der Waals surface area contributed by atoms with Crippen LogP contribution >= 0.6 is 0 Å². The number of fused-ring (bicyclic) bond motifs is 1. The molecule has 0 radical (unpaired) electrons. The first-order valence-corrected chi connectivity index (χ1v) is 7.73. The van der Waals surface area contributed by atoms with Crippen LogP contribution in [0, 0.1) is 0 Å². The van der Waals surface area contributed by atoms with E-state index in [-0.39, 0.29) is 24.9 Å². The molecule has 0 aromatic heterocycles. The van der Waals surface area contributed by atoms with E-state index < -0.39 is 0 Å². The first-order chi connectivity index (χ1) is 10.6. The Bertz CT molecular complexity index is 541. The van der Waals surface area contributed by atoms with E-state index in [0.29, 0.717) is 13.1 Å². The van der Waals surface area contributed by atoms with Gasteiger partial charge in [-0.15, -0.1) is 0 Å². The highest BCUT2D eigenvalue weighted by Crippen LogP contribution is 2.25. The molecule has 120 valence electrons. The molecule has 0 aliphatic heterocycles. The van der Waals surface area contributed by atoms with E-state index in [2.05, 4.69) is 10.8 Å². The van der Waals surface area contributed by atoms with Crippen molar-refractivity contribution in [3.05, 3.63) is 29.3 Å². The average Bonchev–Trinajstić information content (AvgIpc) is 3.00. The Morgan fingerprint density at radius 1 is 1.23 bits per heavy atom. The number of likely N-dealkylation sites (N-methyl/N-ethyl adjacent to an activating group) is 1. The molecule has 0 saturated heterocycles. The first-order valence-electron chi connectivity index (χ1n) is 7.73. The minimum absolute atomic E-state index is 0.00615. The van der Waals surface area contributed by atoms with E-state index in [1.807, 2.05) is 19.1 Å². The van der Waals surface area contributed by atoms with E-state index in [1.165, 1.54) is 24.7 Å². The van der Waals surface area contributed by atoms with Crippen LogP contribution in [0.5, 0.6) is 5.75 Å². The summed E-state index contributed by atoms with van der Waals surface area (Å²) in [4.78, 5) is 24.9. The summed E-state index contributed by atoms with van der Waals surface area (Å²) in [6.07, 6.45) is 3.61. The van der Waals surface area contributed by atoms with Gasteiger partial charge in [0.1, 0.15) is 5.75 Å². The summed E-state index contributed by atoms with van der Waals surface area (Å²) in [5.74, 6) is 0.302. The Kier molecular flexibility index (Phi) is 5.81. The molecule has 5 heteroatoms. The van der Waals surface area contributed by atoms with Gasteiger partial charge in [-0.05, 0) is 49.4 Å². The van der Waals surface area contributed by atoms with Crippen LogP contribution < -0.4 is 4.74 Å². The van der Waals surface area contributed by atoms with E-state index >= 15 is 0 Å². The van der Waals surface area contributed by atoms with Gasteiger partial charge in [-0.25, -0.2) is 0 Å². The van der Waals surface area contributed by atoms with Crippen molar-refractivity contribution in [3.63, 3.8) is 0 Å². The minimum Gasteiger partial charge on any atom is -0.484 e. The molecule has 1 aromatic carbocycles. The van der Waals surface area contributed by atoms with E-state index in [4.69, 9.17) is 4.74 Å². The minimum atomic E-state index is -0.314. The van der Waals surface area contributed by atoms with Crippen molar-refractivity contribution in [2.75, 3.05) is 26.8 Å². The number of benzene rings is 1. The smallest absolute Gasteiger partial charge is 0.307 e. The molecule has 0 atom stereocenters. The fourth-order valence-corrected chi connectivity index (χ4v) is 2.66. The van der Waals surface area contributed by atoms with Gasteiger partial charge >= 0.3 is 5.97 Å². The van der Waals surface area contributed by atoms with Crippen LogP contribution in [0.3, 0.4) is 0 Å². The number of carbonyl (C=O) groups excluding carboxylic acids is 2. The highest BCUT2D eigenvalue weighted by Gasteiger charge is 2.15. The number of esters is 1. The predicted octanol–water partition coefficient (Wildman–Crippen LogP) is 1.97. The van der Waals surface area contributed by atoms with Crippen molar-refractivity contribution in [3.8, 4) is 5.75 Å². The Morgan fingerprint density at radius 2 is 2.00 bits per heavy atom. The third-order valence-corrected chi connectivity index (χ3v) is 3.98. The van der Waals surface area contributed by atoms with Crippen molar-refractivity contribution in [1.29, 1.82) is 0 Å². The molecule has 1 aliphatic carbocycles. The molecule has 0 fully saturated rings. The monoisotopic (exact) mass is 305 g/mol. The molecule has 0 bridgehead atoms. The van der Waals surface area contributed by atoms with Gasteiger partial charge in [0.15, 0.2) is 6.61 Å². The second-order valence-electron chi connectivity index (χ2n) is 5.37. The molecule has 22 heavy (non-hydrogen) atoms. The zero-order valence-electron chi connectivity index (χ0n) is 13.3. The summed E-state index contributed by atoms with van der Waals surface area (Å²) < 4.78 is 10.2. The fraction of sp³-hybridized carbons (Fsp3) is 0.529. The molecular formula is C17H23NO4. The number of carbonyl (C=O) groups is 2. The van der Waals surface area contributed by atoms with Gasteiger partial charge in [0, 0.05) is 13.1 Å². The molecule has 0 saturated carbocycles. The maximum Gasteiger partial charge on any atom is 0.307 e. The van der Waals surface area contributed by atoms with Crippen LogP contribution in [-0.2, 0) is 27.2 Å². The van der Waals surface area contributed by atoms with Crippen LogP contribution in [-0.4, -0.2) is 43.6 Å². The maximum atomic E-state index is 12.1. The van der Waals surface area contributed by atoms with Crippen molar-refractivity contribution in [2.45, 2.75) is 32.6 Å². The predicted molar refractivity (Wildman–Crippen MR) is 82.8 cm³/mol. The largest absolute Gasteiger partial charge is 0.484 e. The summed E-state index contributed by atoms with van der Waals surface area (Å²) in [6, 6.07) is 6.03. The Balaban J connectivity index is 1.84. The Labute approximate surface area is 131 Å². The van der Waals surface area contributed by atoms with E-state index in [1.54, 1.807) is 4.90 Å². The molecule has 2 rings (SSSR count). The lowest BCUT2D eigenvalue weighted by molar-refractivity contribution is -0.142. The zero-order chi connectivity index (χ0) is 15.9. The Hall–Kier alpha value is -2.04. The molecule has 1 aromatic rings. The number of ether oxygens (including phenoxy) is 2. The van der Waals surface area contributed by atoms with Crippen molar-refractivity contribution >= 4 is 11.9 Å². The van der Waals surface area contributed by atoms with Gasteiger partial charge in [-0.3, -0.25) is 9.59 Å². The van der Waals surface area contributed by atoms with Gasteiger partial charge in [-0.2, -0.15) is 0 Å². The zero-order valence-corrected chi connectivity index (χ0v) is 13.3. The number of nitrogens with zero attached hydrogens (tertiary/aromatic N) is 1. The summed E-state index contributed by atoms with van der Waals surface area (Å²) in [5, 5.41) is 0. The molecule has 0 N–H and O–H groups in total. The van der Waals surface area contributed by atoms with Crippen LogP contribution in [0.15, 0.2) is 18.2 Å². The van der Waals surface area contributed by atoms with Gasteiger partial charge < -0.3 is 14.4 Å². The first kappa shape index (κ1) is 16.3. The summed E-state index contributed by atoms with van der Waals surface area (Å²) in [7, 11) is 1.34. The van der Waals surface area contributed by atoms with Gasteiger partial charge in [0.25, 0.3) is 5.91 Å². The van der Waals surface area contributed by atoms with Gasteiger partial charge in [-0.1, -0.05) is 6.07 Å². The lowest BCUT2D eigenvalue weighted by Gasteiger charge is -2.20. The highest BCUT2D eigenvalue weighted by molar-refractivity contribution is 5.78. The fourth-order valence-electron chi connectivity index (χ4n) is 2.66. The molecule has 1 aliphatic rings. The van der Waals surface area contributed by atoms with Crippen LogP contribution in [0.4, 0.5) is 0 Å². The van der Waals surface area contributed by atoms with Crippen LogP contribution in [0.1, 0.15) is 30.9 Å². The van der Waals surface area contributed by atoms with Crippen LogP contribution in [0.25, 0.3) is 0 Å². The summed E-state index contributed by atoms with van der Waals surface area (Å²) >= 11 is 0. The second kappa shape index (κ2) is 7.82. The van der Waals surface area contributed by atoms with Crippen molar-refractivity contribution < 1.29 is 19.1 Å². The number of hydrogen-bond donors (Lipinski definition) is 0. The third kappa shape index (κ3) is 4.23. The molecule has 0 heterocycles. The quantitative estimate of drug-likeness (QED) is 0.723. The van der Waals surface area contributed by atoms with Crippen molar-refractivity contribution in [2.24, 2.45) is 0 Å². The topological polar surface area (TPSA) is 55.8 Å². The number of hydrogen-bond acceptors (Lipinski definition) is 4. The van der Waals surface area contributed by atoms with Gasteiger partial charge in [0.2, 0.25) is 0 Å². The summed E-state index contributed by atoms with van der Waals surface area (Å²) in [6.45, 7) is 2.78. The second-order valence-corrected chi connectivity index (χ2v) is 5.37. The lowest BCUT2D eigenvalue weighted by Crippen LogP contribution is -2.36. The SMILES string of the molecule is CCN(CCC(=O)OC)C(=O)COc1ccc2c(c1)CCC2. The Morgan fingerprint density at radius 3 is 2.73 bits per heavy atom. The number of methoxy groups -OCH3 is 1. The van der Waals surface area contributed by atoms with Crippen molar-refractivity contribution in [1.82, 2.24) is 4.90 Å². The molecule has 0 unspecified atom stereocenters. The number of amides is 1. The molecule has 5 nitrogen and oxygen atoms in total. The third-order valence-electron chi connectivity index (χ3n) is 3.98. The molecule has 1 amide bonds. The highest BCUT2D eigenvalue weighted by atomic mass is 16.5. The molecule has 0 spiro atoms. The van der Waals surface area contributed by atoms with E-state index in [9.17, 15) is 9.59 Å². The molecular weight excluding hydrogens is 282 g/mol.